The van der Waals surface area contributed by atoms with Crippen molar-refractivity contribution in [1.29, 1.82) is 0 Å². The molecule has 0 spiro atoms. The highest BCUT2D eigenvalue weighted by Crippen LogP contribution is 2.62. The molecule has 0 saturated heterocycles. The maximum absolute atomic E-state index is 13.9. The van der Waals surface area contributed by atoms with Gasteiger partial charge in [-0.3, -0.25) is 4.79 Å². The van der Waals surface area contributed by atoms with Gasteiger partial charge in [0.2, 0.25) is 5.88 Å². The summed E-state index contributed by atoms with van der Waals surface area (Å²) in [5.74, 6) is -0.605. The van der Waals surface area contributed by atoms with Crippen LogP contribution in [0.2, 0.25) is 0 Å². The minimum Gasteiger partial charge on any atom is -0.473 e. The normalized spacial score (nSPS) is 22.4. The SMILES string of the molecule is Bc1cc(COc2cc3c(cn2)[C@H]2[C@@H](C3)[C@@H]2C(=O)OC(C)(C)C)c(F)cc1F. The first kappa shape index (κ1) is 18.9. The van der Waals surface area contributed by atoms with Crippen LogP contribution in [0.25, 0.3) is 0 Å². The fraction of sp³-hybridized carbons (Fsp3) is 0.429. The standard InChI is InChI=1S/C21H22BF2NO3/c1-21(2,3)28-20(26)19-12-4-10-6-17(25-8-13(10)18(12)19)27-9-11-5-14(22)16(24)7-15(11)23/h5-8,12,18-19H,4,9,22H2,1-3H3/t12-,18-,19+/m1/s1. The molecule has 1 saturated carbocycles. The number of hydrogen-bond donors (Lipinski definition) is 0. The monoisotopic (exact) mass is 385 g/mol. The highest BCUT2D eigenvalue weighted by atomic mass is 19.1. The number of aromatic nitrogens is 1. The minimum absolute atomic E-state index is 0.0217. The Hall–Kier alpha value is -2.44. The van der Waals surface area contributed by atoms with E-state index in [1.807, 2.05) is 26.8 Å². The molecule has 146 valence electrons. The molecule has 0 N–H and O–H groups in total. The van der Waals surface area contributed by atoms with Gasteiger partial charge in [-0.25, -0.2) is 13.8 Å². The molecule has 0 amide bonds. The molecule has 1 aromatic carbocycles. The smallest absolute Gasteiger partial charge is 0.310 e. The lowest BCUT2D eigenvalue weighted by atomic mass is 9.93. The van der Waals surface area contributed by atoms with E-state index in [2.05, 4.69) is 4.98 Å². The molecule has 4 rings (SSSR count). The van der Waals surface area contributed by atoms with Gasteiger partial charge < -0.3 is 9.47 Å². The van der Waals surface area contributed by atoms with Crippen molar-refractivity contribution >= 4 is 19.3 Å². The summed E-state index contributed by atoms with van der Waals surface area (Å²) in [5, 5.41) is 0. The van der Waals surface area contributed by atoms with Crippen LogP contribution in [-0.2, 0) is 22.6 Å². The first-order chi connectivity index (χ1) is 13.1. The van der Waals surface area contributed by atoms with E-state index >= 15 is 0 Å². The average Bonchev–Trinajstić information content (AvgIpc) is 3.18. The van der Waals surface area contributed by atoms with Crippen LogP contribution >= 0.6 is 0 Å². The zero-order valence-electron chi connectivity index (χ0n) is 16.4. The molecule has 3 atom stereocenters. The van der Waals surface area contributed by atoms with Crippen molar-refractivity contribution in [2.45, 2.75) is 45.3 Å². The van der Waals surface area contributed by atoms with Crippen molar-refractivity contribution in [3.63, 3.8) is 0 Å². The second kappa shape index (κ2) is 6.57. The Morgan fingerprint density at radius 3 is 2.71 bits per heavy atom. The number of pyridine rings is 1. The number of fused-ring (bicyclic) bond motifs is 3. The first-order valence-corrected chi connectivity index (χ1v) is 9.43. The fourth-order valence-corrected chi connectivity index (χ4v) is 4.02. The minimum atomic E-state index is -0.634. The molecular weight excluding hydrogens is 363 g/mol. The first-order valence-electron chi connectivity index (χ1n) is 9.43. The molecule has 1 heterocycles. The molecule has 2 aromatic rings. The molecule has 28 heavy (non-hydrogen) atoms. The molecule has 2 aliphatic carbocycles. The maximum atomic E-state index is 13.9. The van der Waals surface area contributed by atoms with Gasteiger partial charge in [-0.05, 0) is 44.2 Å². The molecule has 1 fully saturated rings. The molecule has 0 radical (unpaired) electrons. The third kappa shape index (κ3) is 3.50. The van der Waals surface area contributed by atoms with Crippen molar-refractivity contribution in [3.8, 4) is 5.88 Å². The Kier molecular flexibility index (Phi) is 4.44. The van der Waals surface area contributed by atoms with E-state index in [0.29, 0.717) is 11.3 Å². The molecule has 7 heteroatoms. The number of rotatable bonds is 4. The number of carbonyl (C=O) groups excluding carboxylic acids is 1. The summed E-state index contributed by atoms with van der Waals surface area (Å²) in [6.45, 7) is 5.58. The van der Waals surface area contributed by atoms with E-state index in [9.17, 15) is 13.6 Å². The largest absolute Gasteiger partial charge is 0.473 e. The van der Waals surface area contributed by atoms with Gasteiger partial charge in [-0.2, -0.15) is 0 Å². The van der Waals surface area contributed by atoms with Gasteiger partial charge in [0, 0.05) is 29.8 Å². The number of ether oxygens (including phenoxy) is 2. The van der Waals surface area contributed by atoms with E-state index in [1.165, 1.54) is 6.07 Å². The van der Waals surface area contributed by atoms with Crippen molar-refractivity contribution < 1.29 is 23.0 Å². The fourth-order valence-electron chi connectivity index (χ4n) is 4.02. The van der Waals surface area contributed by atoms with Crippen LogP contribution in [0.4, 0.5) is 8.78 Å². The highest BCUT2D eigenvalue weighted by Gasteiger charge is 2.60. The van der Waals surface area contributed by atoms with Crippen LogP contribution in [0, 0.1) is 23.5 Å². The van der Waals surface area contributed by atoms with Gasteiger partial charge in [-0.1, -0.05) is 11.5 Å². The van der Waals surface area contributed by atoms with Gasteiger partial charge >= 0.3 is 5.97 Å². The molecule has 0 bridgehead atoms. The average molecular weight is 385 g/mol. The summed E-state index contributed by atoms with van der Waals surface area (Å²) in [6, 6.07) is 4.16. The van der Waals surface area contributed by atoms with Crippen LogP contribution in [0.1, 0.15) is 43.4 Å². The Bertz CT molecular complexity index is 957. The van der Waals surface area contributed by atoms with Crippen molar-refractivity contribution in [1.82, 2.24) is 4.98 Å². The molecular formula is C21H22BF2NO3. The number of nitrogens with zero attached hydrogens (tertiary/aromatic N) is 1. The summed E-state index contributed by atoms with van der Waals surface area (Å²) in [7, 11) is 1.58. The summed E-state index contributed by atoms with van der Waals surface area (Å²) < 4.78 is 38.4. The van der Waals surface area contributed by atoms with Gasteiger partial charge in [0.15, 0.2) is 0 Å². The zero-order chi connectivity index (χ0) is 20.2. The molecule has 0 aliphatic heterocycles. The lowest BCUT2D eigenvalue weighted by molar-refractivity contribution is -0.157. The number of carbonyl (C=O) groups is 1. The number of hydrogen-bond acceptors (Lipinski definition) is 4. The van der Waals surface area contributed by atoms with Crippen molar-refractivity contribution in [3.05, 3.63) is 52.7 Å². The summed E-state index contributed by atoms with van der Waals surface area (Å²) >= 11 is 0. The highest BCUT2D eigenvalue weighted by molar-refractivity contribution is 6.32. The second-order valence-electron chi connectivity index (χ2n) is 8.66. The van der Waals surface area contributed by atoms with E-state index in [1.54, 1.807) is 14.0 Å². The molecule has 4 nitrogen and oxygen atoms in total. The Balaban J connectivity index is 1.42. The van der Waals surface area contributed by atoms with Crippen molar-refractivity contribution in [2.75, 3.05) is 0 Å². The van der Waals surface area contributed by atoms with Crippen molar-refractivity contribution in [2.24, 2.45) is 11.8 Å². The maximum Gasteiger partial charge on any atom is 0.310 e. The Labute approximate surface area is 163 Å². The third-order valence-electron chi connectivity index (χ3n) is 5.36. The van der Waals surface area contributed by atoms with Gasteiger partial charge in [0.25, 0.3) is 0 Å². The van der Waals surface area contributed by atoms with Crippen LogP contribution in [-0.4, -0.2) is 24.4 Å². The zero-order valence-corrected chi connectivity index (χ0v) is 16.4. The van der Waals surface area contributed by atoms with Crippen LogP contribution in [0.5, 0.6) is 5.88 Å². The van der Waals surface area contributed by atoms with Crippen LogP contribution < -0.4 is 10.2 Å². The van der Waals surface area contributed by atoms with Gasteiger partial charge in [0.1, 0.15) is 31.7 Å². The summed E-state index contributed by atoms with van der Waals surface area (Å²) in [6.07, 6.45) is 2.53. The van der Waals surface area contributed by atoms with E-state index in [0.717, 1.165) is 23.6 Å². The lowest BCUT2D eigenvalue weighted by Gasteiger charge is -2.20. The summed E-state index contributed by atoms with van der Waals surface area (Å²) in [5.41, 5.74) is 2.34. The van der Waals surface area contributed by atoms with E-state index in [4.69, 9.17) is 9.47 Å². The topological polar surface area (TPSA) is 48.4 Å². The predicted molar refractivity (Wildman–Crippen MR) is 102 cm³/mol. The van der Waals surface area contributed by atoms with Gasteiger partial charge in [0.05, 0.1) is 5.92 Å². The number of halogens is 2. The Morgan fingerprint density at radius 2 is 2.00 bits per heavy atom. The number of benzene rings is 1. The Morgan fingerprint density at radius 1 is 1.25 bits per heavy atom. The van der Waals surface area contributed by atoms with Crippen LogP contribution in [0.3, 0.4) is 0 Å². The molecule has 2 aliphatic rings. The second-order valence-corrected chi connectivity index (χ2v) is 8.66. The number of esters is 1. The lowest BCUT2D eigenvalue weighted by Crippen LogP contribution is -2.26. The quantitative estimate of drug-likeness (QED) is 0.599. The molecule has 0 unspecified atom stereocenters. The van der Waals surface area contributed by atoms with E-state index < -0.39 is 17.2 Å². The van der Waals surface area contributed by atoms with Gasteiger partial charge in [-0.15, -0.1) is 0 Å². The molecule has 1 aromatic heterocycles. The summed E-state index contributed by atoms with van der Waals surface area (Å²) in [4.78, 5) is 16.6. The predicted octanol–water partition coefficient (Wildman–Crippen LogP) is 2.42. The third-order valence-corrected chi connectivity index (χ3v) is 5.36. The van der Waals surface area contributed by atoms with E-state index in [-0.39, 0.29) is 35.9 Å². The van der Waals surface area contributed by atoms with Crippen LogP contribution in [0.15, 0.2) is 24.4 Å².